The minimum absolute atomic E-state index is 0. The molecule has 0 saturated carbocycles. The molecule has 324 valence electrons. The van der Waals surface area contributed by atoms with Gasteiger partial charge in [-0.25, -0.2) is 9.59 Å². The van der Waals surface area contributed by atoms with E-state index in [1.54, 1.807) is 77.9 Å². The summed E-state index contributed by atoms with van der Waals surface area (Å²) in [5.74, 6) is -3.69. The first-order chi connectivity index (χ1) is 28.1. The normalized spacial score (nSPS) is 23.6. The van der Waals surface area contributed by atoms with Gasteiger partial charge in [-0.15, -0.1) is 23.5 Å². The van der Waals surface area contributed by atoms with Gasteiger partial charge in [0.25, 0.3) is 11.8 Å². The Morgan fingerprint density at radius 2 is 0.968 bits per heavy atom. The van der Waals surface area contributed by atoms with Crippen LogP contribution >= 0.6 is 69.9 Å². The van der Waals surface area contributed by atoms with Gasteiger partial charge in [-0.2, -0.15) is 0 Å². The van der Waals surface area contributed by atoms with Crippen molar-refractivity contribution in [2.24, 2.45) is 0 Å². The maximum absolute atomic E-state index is 13.1. The number of benzene rings is 2. The van der Waals surface area contributed by atoms with Gasteiger partial charge in [-0.3, -0.25) is 19.2 Å². The Morgan fingerprint density at radius 3 is 1.26 bits per heavy atom. The van der Waals surface area contributed by atoms with Crippen LogP contribution < -0.4 is 40.2 Å². The van der Waals surface area contributed by atoms with E-state index in [0.29, 0.717) is 31.2 Å². The van der Waals surface area contributed by atoms with Gasteiger partial charge in [0.1, 0.15) is 69.0 Å². The van der Waals surface area contributed by atoms with E-state index < -0.39 is 80.0 Å². The summed E-state index contributed by atoms with van der Waals surface area (Å²) in [5.41, 5.74) is 1.29. The van der Waals surface area contributed by atoms with Crippen molar-refractivity contribution in [2.75, 3.05) is 0 Å². The Bertz CT molecular complexity index is 2310. The topological polar surface area (TPSA) is 257 Å². The Labute approximate surface area is 403 Å². The molecule has 2 aromatic carbocycles. The summed E-state index contributed by atoms with van der Waals surface area (Å²) in [7, 11) is 0. The molecule has 4 amide bonds. The van der Waals surface area contributed by atoms with Crippen LogP contribution in [-0.2, 0) is 19.2 Å². The largest absolute Gasteiger partial charge is 1.00 e. The van der Waals surface area contributed by atoms with Crippen LogP contribution in [0.5, 0.6) is 0 Å². The number of aromatic nitrogens is 2. The number of hydrogen-bond acceptors (Lipinski definition) is 12. The van der Waals surface area contributed by atoms with Gasteiger partial charge in [0.2, 0.25) is 11.8 Å². The number of hydrogen-bond donors (Lipinski definition) is 4. The fraction of sp³-hybridized carbons (Fsp3) is 0.368. The van der Waals surface area contributed by atoms with Crippen LogP contribution in [0.25, 0.3) is 22.5 Å². The molecule has 6 atom stereocenters. The van der Waals surface area contributed by atoms with Crippen molar-refractivity contribution in [1.82, 2.24) is 30.7 Å². The molecular weight excluding hydrogens is 945 g/mol. The van der Waals surface area contributed by atoms with Gasteiger partial charge >= 0.3 is 41.5 Å². The first kappa shape index (κ1) is 49.5. The number of nitrogens with zero attached hydrogens (tertiary/aromatic N) is 4. The summed E-state index contributed by atoms with van der Waals surface area (Å²) < 4.78 is 9.04. The summed E-state index contributed by atoms with van der Waals surface area (Å²) >= 11 is 27.7. The average Bonchev–Trinajstić information content (AvgIpc) is 3.87. The first-order valence-electron chi connectivity index (χ1n) is 18.0. The molecule has 2 aromatic heterocycles. The minimum Gasteiger partial charge on any atom is -0.480 e. The zero-order valence-electron chi connectivity index (χ0n) is 33.7. The molecule has 6 heterocycles. The van der Waals surface area contributed by atoms with Crippen LogP contribution in [0.15, 0.2) is 45.4 Å². The quantitative estimate of drug-likeness (QED) is 0.146. The summed E-state index contributed by atoms with van der Waals surface area (Å²) in [4.78, 5) is 77.3. The SMILES string of the molecule is Cc1onc(-c2c(Cl)cccc2Cl)c1C(=O)N[C@@H]1C(=O)N2[C@@H]1SC(C)(C)[C@@H]2C(=O)O.Cc1onc(-c2c(Cl)cccc2Cl)c1C(=O)N[C@@H]1C(=O)N2[C@@H]1SC(C)(C)[C@@H]2C(=O)O.O.[Na+]. The third-order valence-corrected chi connectivity index (χ3v) is 14.9. The zero-order chi connectivity index (χ0) is 43.9. The molecule has 8 rings (SSSR count). The van der Waals surface area contributed by atoms with Crippen molar-refractivity contribution in [2.45, 2.75) is 86.0 Å². The smallest absolute Gasteiger partial charge is 0.480 e. The van der Waals surface area contributed by atoms with Crippen LogP contribution in [0.1, 0.15) is 59.9 Å². The molecule has 4 aromatic rings. The monoisotopic (exact) mass is 979 g/mol. The number of halogens is 4. The molecule has 0 aliphatic carbocycles. The Kier molecular flexibility index (Phi) is 14.5. The molecule has 6 N–H and O–H groups in total. The molecule has 0 radical (unpaired) electrons. The minimum atomic E-state index is -1.07. The number of amides is 4. The molecular formula is C38H36Cl4N6NaO11S2+. The number of carbonyl (C=O) groups is 6. The predicted molar refractivity (Wildman–Crippen MR) is 227 cm³/mol. The fourth-order valence-electron chi connectivity index (χ4n) is 7.79. The average molecular weight is 982 g/mol. The molecule has 4 aliphatic heterocycles. The third-order valence-electron chi connectivity index (χ3n) is 10.5. The molecule has 62 heavy (non-hydrogen) atoms. The molecule has 17 nitrogen and oxygen atoms in total. The van der Waals surface area contributed by atoms with Crippen LogP contribution in [0.4, 0.5) is 0 Å². The molecule has 4 aliphatic rings. The number of β-lactam (4-membered cyclic amide) rings is 2. The predicted octanol–water partition coefficient (Wildman–Crippen LogP) is 2.58. The molecule has 4 fully saturated rings. The second-order valence-electron chi connectivity index (χ2n) is 15.2. The summed E-state index contributed by atoms with van der Waals surface area (Å²) in [6, 6.07) is 6.18. The van der Waals surface area contributed by atoms with Gasteiger partial charge in [-0.1, -0.05) is 68.8 Å². The van der Waals surface area contributed by atoms with Crippen molar-refractivity contribution in [3.8, 4) is 22.5 Å². The van der Waals surface area contributed by atoms with Crippen molar-refractivity contribution >= 4 is 105 Å². The van der Waals surface area contributed by atoms with E-state index in [4.69, 9.17) is 55.4 Å². The van der Waals surface area contributed by atoms with Gasteiger partial charge in [0, 0.05) is 20.6 Å². The molecule has 0 spiro atoms. The van der Waals surface area contributed by atoms with E-state index in [2.05, 4.69) is 20.9 Å². The van der Waals surface area contributed by atoms with Crippen LogP contribution in [0.3, 0.4) is 0 Å². The van der Waals surface area contributed by atoms with Gasteiger partial charge in [-0.05, 0) is 65.8 Å². The van der Waals surface area contributed by atoms with Crippen molar-refractivity contribution in [1.29, 1.82) is 0 Å². The van der Waals surface area contributed by atoms with E-state index in [1.807, 2.05) is 0 Å². The van der Waals surface area contributed by atoms with Crippen molar-refractivity contribution in [3.63, 3.8) is 0 Å². The molecule has 0 bridgehead atoms. The maximum atomic E-state index is 13.1. The Balaban J connectivity index is 0.000000227. The number of aryl methyl sites for hydroxylation is 2. The number of carbonyl (C=O) groups excluding carboxylic acids is 4. The standard InChI is InChI=1S/2C19H17Cl2N3O5S.Na.H2O/c2*1-7-10(12(23-29-7)11-8(20)5-4-6-9(11)21)15(25)22-13-16(26)24-14(18(27)28)19(2,3)30-17(13)24;;/h2*4-6,13-14,17H,1-3H3,(H,22,25)(H,27,28);;1H2/q;;+1;/t2*13-,14+,17-;;/m11../s1. The van der Waals surface area contributed by atoms with E-state index >= 15 is 0 Å². The number of thioether (sulfide) groups is 2. The second-order valence-corrected chi connectivity index (χ2v) is 20.4. The van der Waals surface area contributed by atoms with E-state index in [-0.39, 0.29) is 69.1 Å². The number of carboxylic acids is 2. The fourth-order valence-corrected chi connectivity index (χ4v) is 12.2. The van der Waals surface area contributed by atoms with E-state index in [0.717, 1.165) is 0 Å². The Morgan fingerprint density at radius 1 is 0.661 bits per heavy atom. The zero-order valence-corrected chi connectivity index (χ0v) is 40.4. The number of aliphatic carboxylic acids is 2. The Hall–Kier alpha value is -3.50. The van der Waals surface area contributed by atoms with E-state index in [9.17, 15) is 39.0 Å². The first-order valence-corrected chi connectivity index (χ1v) is 21.2. The number of nitrogens with one attached hydrogen (secondary N) is 2. The summed E-state index contributed by atoms with van der Waals surface area (Å²) in [6.45, 7) is 10.2. The van der Waals surface area contributed by atoms with E-state index in [1.165, 1.54) is 33.3 Å². The van der Waals surface area contributed by atoms with Crippen molar-refractivity contribution in [3.05, 3.63) is 79.1 Å². The second kappa shape index (κ2) is 18.2. The number of carboxylic acid groups (broad SMARTS) is 2. The van der Waals surface area contributed by atoms with Crippen LogP contribution in [-0.4, -0.2) is 116 Å². The van der Waals surface area contributed by atoms with Gasteiger partial charge < -0.3 is 45.2 Å². The third kappa shape index (κ3) is 8.33. The molecule has 24 heteroatoms. The van der Waals surface area contributed by atoms with Gasteiger partial charge in [0.15, 0.2) is 0 Å². The van der Waals surface area contributed by atoms with Crippen LogP contribution in [0.2, 0.25) is 20.1 Å². The molecule has 4 saturated heterocycles. The van der Waals surface area contributed by atoms with Crippen LogP contribution in [0, 0.1) is 13.8 Å². The maximum Gasteiger partial charge on any atom is 1.00 e. The van der Waals surface area contributed by atoms with Gasteiger partial charge in [0.05, 0.1) is 20.1 Å². The molecule has 0 unspecified atom stereocenters. The summed E-state index contributed by atoms with van der Waals surface area (Å²) in [5, 5.41) is 32.6. The van der Waals surface area contributed by atoms with Crippen molar-refractivity contribution < 1.29 is 83.1 Å². The number of fused-ring (bicyclic) bond motifs is 2. The number of rotatable bonds is 8. The summed E-state index contributed by atoms with van der Waals surface area (Å²) in [6.07, 6.45) is 0.